The highest BCUT2D eigenvalue weighted by atomic mass is 35.5. The number of rotatable bonds is 6. The number of carbonyl (C=O) groups excluding carboxylic acids is 1. The minimum atomic E-state index is -0.0706. The van der Waals surface area contributed by atoms with E-state index in [9.17, 15) is 4.79 Å². The van der Waals surface area contributed by atoms with Gasteiger partial charge in [0, 0.05) is 17.1 Å². The van der Waals surface area contributed by atoms with Crippen molar-refractivity contribution < 1.29 is 4.79 Å². The molecule has 1 N–H and O–H groups in total. The van der Waals surface area contributed by atoms with Crippen molar-refractivity contribution in [3.8, 4) is 0 Å². The van der Waals surface area contributed by atoms with Gasteiger partial charge in [-0.25, -0.2) is 0 Å². The fourth-order valence-corrected chi connectivity index (χ4v) is 3.63. The van der Waals surface area contributed by atoms with Crippen molar-refractivity contribution in [3.05, 3.63) is 34.9 Å². The van der Waals surface area contributed by atoms with Gasteiger partial charge >= 0.3 is 0 Å². The zero-order chi connectivity index (χ0) is 16.1. The molecule has 0 aromatic heterocycles. The van der Waals surface area contributed by atoms with E-state index in [1.54, 1.807) is 0 Å². The maximum absolute atomic E-state index is 12.4. The third-order valence-corrected chi connectivity index (χ3v) is 4.88. The summed E-state index contributed by atoms with van der Waals surface area (Å²) in [5.74, 6) is 0.0769. The molecule has 3 nitrogen and oxygen atoms in total. The first-order valence-corrected chi connectivity index (χ1v) is 8.66. The predicted octanol–water partition coefficient (Wildman–Crippen LogP) is 4.17. The molecule has 122 valence electrons. The van der Waals surface area contributed by atoms with Crippen molar-refractivity contribution in [1.29, 1.82) is 0 Å². The molecule has 1 aliphatic rings. The van der Waals surface area contributed by atoms with Gasteiger partial charge in [0.15, 0.2) is 0 Å². The van der Waals surface area contributed by atoms with Crippen LogP contribution < -0.4 is 5.32 Å². The second-order valence-corrected chi connectivity index (χ2v) is 6.92. The first-order chi connectivity index (χ1) is 10.5. The molecule has 1 saturated carbocycles. The molecule has 2 rings (SSSR count). The van der Waals surface area contributed by atoms with Crippen LogP contribution in [0.25, 0.3) is 0 Å². The molecule has 1 amide bonds. The van der Waals surface area contributed by atoms with Gasteiger partial charge in [-0.05, 0) is 45.2 Å². The maximum atomic E-state index is 12.4. The van der Waals surface area contributed by atoms with Gasteiger partial charge in [0.1, 0.15) is 0 Å². The van der Waals surface area contributed by atoms with E-state index in [-0.39, 0.29) is 11.9 Å². The molecule has 1 atom stereocenters. The highest BCUT2D eigenvalue weighted by Crippen LogP contribution is 2.25. The van der Waals surface area contributed by atoms with E-state index in [1.807, 2.05) is 31.2 Å². The Hall–Kier alpha value is -1.06. The van der Waals surface area contributed by atoms with Crippen LogP contribution >= 0.6 is 11.6 Å². The summed E-state index contributed by atoms with van der Waals surface area (Å²) in [6, 6.07) is 8.55. The second-order valence-electron chi connectivity index (χ2n) is 6.52. The van der Waals surface area contributed by atoms with E-state index >= 15 is 0 Å². The molecule has 1 aromatic rings. The molecule has 0 bridgehead atoms. The molecular weight excluding hydrogens is 296 g/mol. The van der Waals surface area contributed by atoms with Gasteiger partial charge in [-0.3, -0.25) is 9.69 Å². The van der Waals surface area contributed by atoms with E-state index in [0.717, 1.165) is 5.56 Å². The Kier molecular flexibility index (Phi) is 6.27. The van der Waals surface area contributed by atoms with Crippen LogP contribution in [0.15, 0.2) is 24.3 Å². The Balaban J connectivity index is 1.94. The van der Waals surface area contributed by atoms with Crippen LogP contribution in [0, 0.1) is 0 Å². The highest BCUT2D eigenvalue weighted by Gasteiger charge is 2.26. The Morgan fingerprint density at radius 2 is 1.91 bits per heavy atom. The lowest BCUT2D eigenvalue weighted by atomic mass is 10.1. The smallest absolute Gasteiger partial charge is 0.234 e. The van der Waals surface area contributed by atoms with Gasteiger partial charge in [-0.1, -0.05) is 42.6 Å². The van der Waals surface area contributed by atoms with Gasteiger partial charge in [-0.15, -0.1) is 0 Å². The molecule has 0 radical (unpaired) electrons. The van der Waals surface area contributed by atoms with Gasteiger partial charge in [0.25, 0.3) is 0 Å². The largest absolute Gasteiger partial charge is 0.348 e. The van der Waals surface area contributed by atoms with Crippen molar-refractivity contribution in [2.75, 3.05) is 6.54 Å². The molecule has 22 heavy (non-hydrogen) atoms. The van der Waals surface area contributed by atoms with Crippen molar-refractivity contribution in [1.82, 2.24) is 10.2 Å². The number of nitrogens with zero attached hydrogens (tertiary/aromatic N) is 1. The quantitative estimate of drug-likeness (QED) is 0.852. The third kappa shape index (κ3) is 4.47. The number of carbonyl (C=O) groups is 1. The summed E-state index contributed by atoms with van der Waals surface area (Å²) in [7, 11) is 0. The number of amides is 1. The molecule has 0 saturated heterocycles. The number of hydrogen-bond donors (Lipinski definition) is 1. The lowest BCUT2D eigenvalue weighted by Crippen LogP contribution is -2.46. The van der Waals surface area contributed by atoms with Crippen molar-refractivity contribution in [3.63, 3.8) is 0 Å². The Morgan fingerprint density at radius 3 is 2.50 bits per heavy atom. The molecule has 4 heteroatoms. The number of benzene rings is 1. The average molecular weight is 323 g/mol. The molecular formula is C18H27ClN2O. The summed E-state index contributed by atoms with van der Waals surface area (Å²) in [5, 5.41) is 3.78. The Bertz CT molecular complexity index is 498. The molecule has 1 fully saturated rings. The highest BCUT2D eigenvalue weighted by molar-refractivity contribution is 6.31. The Morgan fingerprint density at radius 1 is 1.27 bits per heavy atom. The Labute approximate surface area is 139 Å². The van der Waals surface area contributed by atoms with Crippen LogP contribution in [-0.2, 0) is 4.79 Å². The number of hydrogen-bond acceptors (Lipinski definition) is 2. The maximum Gasteiger partial charge on any atom is 0.234 e. The normalized spacial score (nSPS) is 17.2. The molecule has 0 spiro atoms. The lowest BCUT2D eigenvalue weighted by Gasteiger charge is -2.32. The van der Waals surface area contributed by atoms with E-state index in [1.165, 1.54) is 25.7 Å². The summed E-state index contributed by atoms with van der Waals surface area (Å²) in [5.41, 5.74) is 0.967. The monoisotopic (exact) mass is 322 g/mol. The first-order valence-electron chi connectivity index (χ1n) is 8.28. The summed E-state index contributed by atoms with van der Waals surface area (Å²) in [6.07, 6.45) is 4.99. The van der Waals surface area contributed by atoms with Crippen LogP contribution in [0.1, 0.15) is 58.1 Å². The van der Waals surface area contributed by atoms with E-state index in [0.29, 0.717) is 23.7 Å². The van der Waals surface area contributed by atoms with Crippen molar-refractivity contribution in [2.24, 2.45) is 0 Å². The summed E-state index contributed by atoms with van der Waals surface area (Å²) in [6.45, 7) is 6.79. The SMILES string of the molecule is CC(C)N(CC(=O)N[C@H](C)c1ccccc1Cl)C1CCCC1. The minimum Gasteiger partial charge on any atom is -0.348 e. The fraction of sp³-hybridized carbons (Fsp3) is 0.611. The van der Waals surface area contributed by atoms with E-state index in [4.69, 9.17) is 11.6 Å². The lowest BCUT2D eigenvalue weighted by molar-refractivity contribution is -0.124. The first kappa shape index (κ1) is 17.3. The molecule has 0 aliphatic heterocycles. The molecule has 1 aromatic carbocycles. The van der Waals surface area contributed by atoms with Crippen molar-refractivity contribution >= 4 is 17.5 Å². The summed E-state index contributed by atoms with van der Waals surface area (Å²) >= 11 is 6.20. The zero-order valence-corrected chi connectivity index (χ0v) is 14.6. The van der Waals surface area contributed by atoms with Gasteiger partial charge in [0.05, 0.1) is 12.6 Å². The minimum absolute atomic E-state index is 0.0706. The van der Waals surface area contributed by atoms with Gasteiger partial charge in [-0.2, -0.15) is 0 Å². The summed E-state index contributed by atoms with van der Waals surface area (Å²) < 4.78 is 0. The van der Waals surface area contributed by atoms with Crippen LogP contribution in [0.4, 0.5) is 0 Å². The van der Waals surface area contributed by atoms with Gasteiger partial charge in [0.2, 0.25) is 5.91 Å². The number of halogens is 1. The molecule has 0 heterocycles. The van der Waals surface area contributed by atoms with Crippen LogP contribution in [0.3, 0.4) is 0 Å². The summed E-state index contributed by atoms with van der Waals surface area (Å²) in [4.78, 5) is 14.7. The second kappa shape index (κ2) is 7.98. The van der Waals surface area contributed by atoms with Crippen molar-refractivity contribution in [2.45, 2.75) is 64.6 Å². The molecule has 1 aliphatic carbocycles. The van der Waals surface area contributed by atoms with Crippen LogP contribution in [-0.4, -0.2) is 29.4 Å². The fourth-order valence-electron chi connectivity index (χ4n) is 3.33. The van der Waals surface area contributed by atoms with E-state index < -0.39 is 0 Å². The topological polar surface area (TPSA) is 32.3 Å². The van der Waals surface area contributed by atoms with E-state index in [2.05, 4.69) is 24.1 Å². The predicted molar refractivity (Wildman–Crippen MR) is 92.1 cm³/mol. The average Bonchev–Trinajstić information content (AvgIpc) is 2.98. The standard InChI is InChI=1S/C18H27ClN2O/c1-13(2)21(15-8-4-5-9-15)12-18(22)20-14(3)16-10-6-7-11-17(16)19/h6-7,10-11,13-15H,4-5,8-9,12H2,1-3H3,(H,20,22)/t14-/m1/s1. The van der Waals surface area contributed by atoms with Crippen LogP contribution in [0.5, 0.6) is 0 Å². The molecule has 0 unspecified atom stereocenters. The van der Waals surface area contributed by atoms with Gasteiger partial charge < -0.3 is 5.32 Å². The number of nitrogens with one attached hydrogen (secondary N) is 1. The third-order valence-electron chi connectivity index (χ3n) is 4.53. The zero-order valence-electron chi connectivity index (χ0n) is 13.8. The van der Waals surface area contributed by atoms with Crippen LogP contribution in [0.2, 0.25) is 5.02 Å².